The zero-order chi connectivity index (χ0) is 18.6. The van der Waals surface area contributed by atoms with E-state index in [1.165, 1.54) is 0 Å². The fourth-order valence-corrected chi connectivity index (χ4v) is 3.61. The van der Waals surface area contributed by atoms with Gasteiger partial charge in [0, 0.05) is 32.4 Å². The Labute approximate surface area is 164 Å². The van der Waals surface area contributed by atoms with Crippen LogP contribution in [0.3, 0.4) is 0 Å². The Morgan fingerprint density at radius 1 is 0.852 bits per heavy atom. The highest BCUT2D eigenvalue weighted by Crippen LogP contribution is 2.27. The second kappa shape index (κ2) is 7.80. The molecule has 0 bridgehead atoms. The molecule has 4 nitrogen and oxygen atoms in total. The maximum atomic E-state index is 12.9. The molecule has 0 radical (unpaired) electrons. The molecule has 4 rings (SSSR count). The van der Waals surface area contributed by atoms with Crippen molar-refractivity contribution >= 4 is 23.3 Å². The fourth-order valence-electron chi connectivity index (χ4n) is 3.35. The Hall–Kier alpha value is -2.85. The number of hydrogen-bond donors (Lipinski definition) is 0. The van der Waals surface area contributed by atoms with E-state index in [0.29, 0.717) is 23.7 Å². The van der Waals surface area contributed by atoms with Crippen molar-refractivity contribution in [2.75, 3.05) is 31.1 Å². The van der Waals surface area contributed by atoms with Gasteiger partial charge in [-0.25, -0.2) is 4.98 Å². The van der Waals surface area contributed by atoms with Gasteiger partial charge in [0.2, 0.25) is 0 Å². The summed E-state index contributed by atoms with van der Waals surface area (Å²) in [5, 5.41) is 0.494. The molecule has 136 valence electrons. The van der Waals surface area contributed by atoms with Gasteiger partial charge in [0.1, 0.15) is 5.82 Å². The monoisotopic (exact) mass is 377 g/mol. The highest BCUT2D eigenvalue weighted by Gasteiger charge is 2.24. The molecule has 2 heterocycles. The molecule has 1 saturated heterocycles. The number of piperazine rings is 1. The Bertz CT molecular complexity index is 923. The molecule has 1 amide bonds. The molecule has 1 fully saturated rings. The lowest BCUT2D eigenvalue weighted by atomic mass is 10.0. The minimum atomic E-state index is -0.0136. The van der Waals surface area contributed by atoms with Crippen LogP contribution in [0.4, 0.5) is 5.82 Å². The third kappa shape index (κ3) is 3.81. The lowest BCUT2D eigenvalue weighted by molar-refractivity contribution is 0.0746. The lowest BCUT2D eigenvalue weighted by Gasteiger charge is -2.35. The highest BCUT2D eigenvalue weighted by atomic mass is 35.5. The van der Waals surface area contributed by atoms with Gasteiger partial charge in [0.15, 0.2) is 0 Å². The van der Waals surface area contributed by atoms with Crippen molar-refractivity contribution < 1.29 is 4.79 Å². The van der Waals surface area contributed by atoms with E-state index in [1.807, 2.05) is 71.6 Å². The Morgan fingerprint density at radius 3 is 2.26 bits per heavy atom. The minimum Gasteiger partial charge on any atom is -0.353 e. The summed E-state index contributed by atoms with van der Waals surface area (Å²) >= 11 is 6.45. The largest absolute Gasteiger partial charge is 0.353 e. The van der Waals surface area contributed by atoms with Gasteiger partial charge >= 0.3 is 0 Å². The van der Waals surface area contributed by atoms with E-state index in [4.69, 9.17) is 11.6 Å². The molecule has 3 aromatic rings. The van der Waals surface area contributed by atoms with Crippen molar-refractivity contribution in [1.29, 1.82) is 0 Å². The first-order chi connectivity index (χ1) is 13.2. The summed E-state index contributed by atoms with van der Waals surface area (Å²) in [6.07, 6.45) is 1.79. The maximum absolute atomic E-state index is 12.9. The number of nitrogens with zero attached hydrogens (tertiary/aromatic N) is 3. The number of hydrogen-bond acceptors (Lipinski definition) is 3. The number of carbonyl (C=O) groups is 1. The zero-order valence-corrected chi connectivity index (χ0v) is 15.6. The predicted octanol–water partition coefficient (Wildman–Crippen LogP) is 4.36. The highest BCUT2D eigenvalue weighted by molar-refractivity contribution is 6.34. The molecule has 0 saturated carbocycles. The van der Waals surface area contributed by atoms with Crippen LogP contribution in [0.1, 0.15) is 10.4 Å². The van der Waals surface area contributed by atoms with E-state index in [9.17, 15) is 4.79 Å². The van der Waals surface area contributed by atoms with Gasteiger partial charge in [-0.05, 0) is 35.4 Å². The Morgan fingerprint density at radius 2 is 1.59 bits per heavy atom. The normalized spacial score (nSPS) is 14.3. The predicted molar refractivity (Wildman–Crippen MR) is 109 cm³/mol. The van der Waals surface area contributed by atoms with Gasteiger partial charge in [0.05, 0.1) is 10.6 Å². The van der Waals surface area contributed by atoms with Crippen molar-refractivity contribution in [1.82, 2.24) is 9.88 Å². The van der Waals surface area contributed by atoms with Crippen molar-refractivity contribution in [3.63, 3.8) is 0 Å². The summed E-state index contributed by atoms with van der Waals surface area (Å²) in [4.78, 5) is 21.4. The van der Waals surface area contributed by atoms with Crippen LogP contribution in [0.15, 0.2) is 72.9 Å². The van der Waals surface area contributed by atoms with Crippen LogP contribution in [0.25, 0.3) is 11.1 Å². The number of anilines is 1. The number of pyridine rings is 1. The van der Waals surface area contributed by atoms with Crippen molar-refractivity contribution in [3.8, 4) is 11.1 Å². The van der Waals surface area contributed by atoms with Gasteiger partial charge in [0.25, 0.3) is 5.91 Å². The van der Waals surface area contributed by atoms with Crippen molar-refractivity contribution in [2.24, 2.45) is 0 Å². The SMILES string of the molecule is O=C(c1ccc(-c2ccccc2)cc1Cl)N1CCN(c2ccccn2)CC1. The molecule has 1 aromatic heterocycles. The average Bonchev–Trinajstić information content (AvgIpc) is 2.74. The van der Waals surface area contributed by atoms with Crippen LogP contribution in [-0.4, -0.2) is 42.0 Å². The molecule has 0 N–H and O–H groups in total. The average molecular weight is 378 g/mol. The number of halogens is 1. The first kappa shape index (κ1) is 17.6. The third-order valence-corrected chi connectivity index (χ3v) is 5.16. The van der Waals surface area contributed by atoms with Crippen LogP contribution >= 0.6 is 11.6 Å². The summed E-state index contributed by atoms with van der Waals surface area (Å²) in [6.45, 7) is 2.85. The molecule has 0 atom stereocenters. The smallest absolute Gasteiger partial charge is 0.255 e. The van der Waals surface area contributed by atoms with Gasteiger partial charge in [-0.3, -0.25) is 4.79 Å². The molecule has 1 aliphatic heterocycles. The van der Waals surface area contributed by atoms with Gasteiger partial charge in [-0.15, -0.1) is 0 Å². The van der Waals surface area contributed by atoms with E-state index in [2.05, 4.69) is 9.88 Å². The number of carbonyl (C=O) groups excluding carboxylic acids is 1. The quantitative estimate of drug-likeness (QED) is 0.680. The van der Waals surface area contributed by atoms with E-state index in [1.54, 1.807) is 6.20 Å². The number of amides is 1. The Balaban J connectivity index is 1.46. The Kier molecular flexibility index (Phi) is 5.07. The molecule has 1 aliphatic rings. The van der Waals surface area contributed by atoms with Crippen LogP contribution in [0, 0.1) is 0 Å². The molecule has 0 aliphatic carbocycles. The zero-order valence-electron chi connectivity index (χ0n) is 14.9. The van der Waals surface area contributed by atoms with Crippen molar-refractivity contribution in [2.45, 2.75) is 0 Å². The van der Waals surface area contributed by atoms with Gasteiger partial charge in [-0.1, -0.05) is 54.1 Å². The first-order valence-corrected chi connectivity index (χ1v) is 9.40. The molecule has 0 unspecified atom stereocenters. The van der Waals surface area contributed by atoms with Crippen LogP contribution in [-0.2, 0) is 0 Å². The fraction of sp³-hybridized carbons (Fsp3) is 0.182. The topological polar surface area (TPSA) is 36.4 Å². The van der Waals surface area contributed by atoms with Crippen LogP contribution in [0.2, 0.25) is 5.02 Å². The molecular formula is C22H20ClN3O. The number of aromatic nitrogens is 1. The molecule has 5 heteroatoms. The minimum absolute atomic E-state index is 0.0136. The third-order valence-electron chi connectivity index (χ3n) is 4.85. The first-order valence-electron chi connectivity index (χ1n) is 9.02. The number of rotatable bonds is 3. The summed E-state index contributed by atoms with van der Waals surface area (Å²) < 4.78 is 0. The summed E-state index contributed by atoms with van der Waals surface area (Å²) in [5.41, 5.74) is 2.65. The van der Waals surface area contributed by atoms with Crippen LogP contribution in [0.5, 0.6) is 0 Å². The maximum Gasteiger partial charge on any atom is 0.255 e. The molecule has 2 aromatic carbocycles. The summed E-state index contributed by atoms with van der Waals surface area (Å²) in [5.74, 6) is 0.940. The van der Waals surface area contributed by atoms with Gasteiger partial charge in [-0.2, -0.15) is 0 Å². The van der Waals surface area contributed by atoms with E-state index in [0.717, 1.165) is 30.0 Å². The number of benzene rings is 2. The van der Waals surface area contributed by atoms with E-state index >= 15 is 0 Å². The lowest BCUT2D eigenvalue weighted by Crippen LogP contribution is -2.49. The molecule has 27 heavy (non-hydrogen) atoms. The van der Waals surface area contributed by atoms with Crippen LogP contribution < -0.4 is 4.90 Å². The summed E-state index contributed by atoms with van der Waals surface area (Å²) in [7, 11) is 0. The standard InChI is InChI=1S/C22H20ClN3O/c23-20-16-18(17-6-2-1-3-7-17)9-10-19(20)22(27)26-14-12-25(13-15-26)21-8-4-5-11-24-21/h1-11,16H,12-15H2. The second-order valence-electron chi connectivity index (χ2n) is 6.53. The van der Waals surface area contributed by atoms with Gasteiger partial charge < -0.3 is 9.80 Å². The van der Waals surface area contributed by atoms with E-state index in [-0.39, 0.29) is 5.91 Å². The molecular weight excluding hydrogens is 358 g/mol. The second-order valence-corrected chi connectivity index (χ2v) is 6.94. The van der Waals surface area contributed by atoms with E-state index < -0.39 is 0 Å². The van der Waals surface area contributed by atoms with Crippen molar-refractivity contribution in [3.05, 3.63) is 83.5 Å². The molecule has 0 spiro atoms. The summed E-state index contributed by atoms with van der Waals surface area (Å²) in [6, 6.07) is 21.6.